The van der Waals surface area contributed by atoms with Gasteiger partial charge in [0.25, 0.3) is 0 Å². The number of para-hydroxylation sites is 2. The van der Waals surface area contributed by atoms with E-state index in [1.54, 1.807) is 32.3 Å². The fourth-order valence-electron chi connectivity index (χ4n) is 7.58. The fourth-order valence-corrected chi connectivity index (χ4v) is 8.05. The van der Waals surface area contributed by atoms with E-state index in [0.29, 0.717) is 11.3 Å². The summed E-state index contributed by atoms with van der Waals surface area (Å²) < 4.78 is 0. The largest absolute Gasteiger partial charge is 0.394 e. The Bertz CT molecular complexity index is 2410. The van der Waals surface area contributed by atoms with Crippen molar-refractivity contribution in [3.8, 4) is 0 Å². The maximum atomic E-state index is 13.8. The highest BCUT2D eigenvalue weighted by molar-refractivity contribution is 7.98. The summed E-state index contributed by atoms with van der Waals surface area (Å²) in [4.78, 5) is 113. The van der Waals surface area contributed by atoms with Crippen LogP contribution >= 0.6 is 11.8 Å². The molecule has 0 bridgehead atoms. The number of hydrogen-bond donors (Lipinski definition) is 13. The molecule has 4 aromatic rings. The van der Waals surface area contributed by atoms with Crippen molar-refractivity contribution in [1.29, 1.82) is 0 Å². The number of aliphatic hydroxyl groups is 2. The Labute approximate surface area is 404 Å². The lowest BCUT2D eigenvalue weighted by atomic mass is 10.0. The van der Waals surface area contributed by atoms with Crippen LogP contribution < -0.4 is 48.7 Å². The minimum Gasteiger partial charge on any atom is -0.394 e. The lowest BCUT2D eigenvalue weighted by molar-refractivity contribution is -0.135. The van der Waals surface area contributed by atoms with Crippen molar-refractivity contribution < 1.29 is 48.6 Å². The predicted molar refractivity (Wildman–Crippen MR) is 262 cm³/mol. The number of primary amides is 1. The molecule has 22 heteroatoms. The van der Waals surface area contributed by atoms with Crippen LogP contribution in [0.1, 0.15) is 58.1 Å². The number of benzene rings is 2. The first-order valence-corrected chi connectivity index (χ1v) is 24.2. The number of nitrogens with two attached hydrogens (primary N) is 2. The van der Waals surface area contributed by atoms with Crippen LogP contribution in [0.5, 0.6) is 0 Å². The Kier molecular flexibility index (Phi) is 21.5. The molecule has 4 rings (SSSR count). The zero-order valence-corrected chi connectivity index (χ0v) is 40.4. The molecular formula is C47H67N11O10S. The van der Waals surface area contributed by atoms with Gasteiger partial charge in [0.1, 0.15) is 36.3 Å². The molecule has 0 aliphatic heterocycles. The van der Waals surface area contributed by atoms with Gasteiger partial charge in [-0.25, -0.2) is 0 Å². The third kappa shape index (κ3) is 16.6. The van der Waals surface area contributed by atoms with Crippen molar-refractivity contribution in [2.45, 2.75) is 102 Å². The molecule has 0 fully saturated rings. The minimum absolute atomic E-state index is 0.0214. The minimum atomic E-state index is -1.54. The summed E-state index contributed by atoms with van der Waals surface area (Å²) in [5.74, 6) is -6.14. The Balaban J connectivity index is 1.41. The standard InChI is InChI=1S/C47H67N11O10S/c1-25(2)16-35(41(49)62)55-46(67)38(23-59)58-45(66)37(19-28-21-51-33-13-9-7-11-30(28)33)53-40(61)22-52-43(64)36(17-26(3)4)56-47(68)39(24-60)57-44(65)34(14-15-69-5)54-42(63)31(48)18-27-20-50-32-12-8-6-10-29(27)32/h6-13,20-21,25-26,31,34-39,50-51,59-60H,14-19,22-24,48H2,1-5H3,(H2,49,62)(H,52,64)(H,53,61)(H,54,63)(H,55,67)(H,56,68)(H,57,65)(H,58,66)/t31-,34-,35-,36-,37-,38-,39-/m0/s1. The highest BCUT2D eigenvalue weighted by Gasteiger charge is 2.33. The molecule has 69 heavy (non-hydrogen) atoms. The summed E-state index contributed by atoms with van der Waals surface area (Å²) in [6.45, 7) is 4.85. The molecule has 0 spiro atoms. The molecule has 2 heterocycles. The number of thioether (sulfide) groups is 1. The number of aromatic nitrogens is 2. The molecule has 2 aromatic heterocycles. The summed E-state index contributed by atoms with van der Waals surface area (Å²) in [5, 5.41) is 39.7. The molecule has 21 nitrogen and oxygen atoms in total. The summed E-state index contributed by atoms with van der Waals surface area (Å²) >= 11 is 1.43. The Hall–Kier alpha value is -6.49. The van der Waals surface area contributed by atoms with Gasteiger partial charge in [-0.3, -0.25) is 38.4 Å². The molecule has 0 unspecified atom stereocenters. The molecule has 8 amide bonds. The summed E-state index contributed by atoms with van der Waals surface area (Å²) in [7, 11) is 0. The van der Waals surface area contributed by atoms with Gasteiger partial charge in [0.15, 0.2) is 0 Å². The number of nitrogens with one attached hydrogen (secondary N) is 9. The monoisotopic (exact) mass is 977 g/mol. The second-order valence-corrected chi connectivity index (χ2v) is 18.7. The number of carbonyl (C=O) groups excluding carboxylic acids is 8. The van der Waals surface area contributed by atoms with Crippen molar-refractivity contribution in [2.24, 2.45) is 23.3 Å². The van der Waals surface area contributed by atoms with Gasteiger partial charge in [-0.2, -0.15) is 11.8 Å². The zero-order valence-electron chi connectivity index (χ0n) is 39.6. The van der Waals surface area contributed by atoms with E-state index >= 15 is 0 Å². The van der Waals surface area contributed by atoms with E-state index in [4.69, 9.17) is 11.5 Å². The SMILES string of the molecule is CSCC[C@H](NC(=O)[C@@H](N)Cc1c[nH]c2ccccc12)C(=O)N[C@@H](CO)C(=O)N[C@@H](CC(C)C)C(=O)NCC(=O)N[C@@H](Cc1c[nH]c2ccccc12)C(=O)N[C@@H](CO)C(=O)N[C@@H](CC(C)C)C(N)=O. The molecule has 0 saturated carbocycles. The van der Waals surface area contributed by atoms with Gasteiger partial charge in [0, 0.05) is 40.6 Å². The molecule has 15 N–H and O–H groups in total. The highest BCUT2D eigenvalue weighted by atomic mass is 32.2. The normalized spacial score (nSPS) is 14.5. The van der Waals surface area contributed by atoms with Gasteiger partial charge in [-0.05, 0) is 72.8 Å². The first-order chi connectivity index (χ1) is 32.8. The van der Waals surface area contributed by atoms with Gasteiger partial charge in [-0.1, -0.05) is 64.1 Å². The molecule has 7 atom stereocenters. The average molecular weight is 978 g/mol. The topological polar surface area (TPSA) is 345 Å². The van der Waals surface area contributed by atoms with Gasteiger partial charge in [0.05, 0.1) is 25.8 Å². The van der Waals surface area contributed by atoms with Crippen molar-refractivity contribution in [3.05, 3.63) is 72.1 Å². The smallest absolute Gasteiger partial charge is 0.245 e. The summed E-state index contributed by atoms with van der Waals surface area (Å²) in [6, 6.07) is 5.91. The first-order valence-electron chi connectivity index (χ1n) is 22.8. The molecule has 0 aliphatic carbocycles. The van der Waals surface area contributed by atoms with Crippen molar-refractivity contribution in [2.75, 3.05) is 31.8 Å². The Morgan fingerprint density at radius 3 is 1.54 bits per heavy atom. The van der Waals surface area contributed by atoms with Crippen LogP contribution in [0.2, 0.25) is 0 Å². The van der Waals surface area contributed by atoms with Crippen LogP contribution in [0.3, 0.4) is 0 Å². The quantitative estimate of drug-likeness (QED) is 0.0330. The van der Waals surface area contributed by atoms with Crippen molar-refractivity contribution in [1.82, 2.24) is 47.2 Å². The molecule has 2 aromatic carbocycles. The van der Waals surface area contributed by atoms with E-state index in [1.807, 2.05) is 62.6 Å². The van der Waals surface area contributed by atoms with E-state index in [1.165, 1.54) is 11.8 Å². The molecule has 0 saturated heterocycles. The maximum absolute atomic E-state index is 13.8. The lowest BCUT2D eigenvalue weighted by Crippen LogP contribution is -2.59. The number of aromatic amines is 2. The number of fused-ring (bicyclic) bond motifs is 2. The average Bonchev–Trinajstić information content (AvgIpc) is 3.92. The number of carbonyl (C=O) groups is 8. The Morgan fingerprint density at radius 1 is 0.580 bits per heavy atom. The number of aliphatic hydroxyl groups excluding tert-OH is 2. The maximum Gasteiger partial charge on any atom is 0.245 e. The molecule has 376 valence electrons. The van der Waals surface area contributed by atoms with Crippen LogP contribution in [0.4, 0.5) is 0 Å². The first kappa shape index (κ1) is 55.1. The van der Waals surface area contributed by atoms with E-state index in [-0.39, 0.29) is 43.9 Å². The van der Waals surface area contributed by atoms with Gasteiger partial charge in [-0.15, -0.1) is 0 Å². The molecule has 0 aliphatic rings. The van der Waals surface area contributed by atoms with Crippen molar-refractivity contribution >= 4 is 80.8 Å². The molecule has 0 radical (unpaired) electrons. The van der Waals surface area contributed by atoms with E-state index in [0.717, 1.165) is 27.4 Å². The van der Waals surface area contributed by atoms with E-state index < -0.39 is 109 Å². The van der Waals surface area contributed by atoms with Crippen LogP contribution in [0.25, 0.3) is 21.8 Å². The van der Waals surface area contributed by atoms with Gasteiger partial charge >= 0.3 is 0 Å². The predicted octanol–water partition coefficient (Wildman–Crippen LogP) is -0.898. The zero-order chi connectivity index (χ0) is 50.8. The number of hydrogen-bond acceptors (Lipinski definition) is 12. The molecular weight excluding hydrogens is 911 g/mol. The van der Waals surface area contributed by atoms with Crippen LogP contribution in [0, 0.1) is 11.8 Å². The van der Waals surface area contributed by atoms with Gasteiger partial charge in [0.2, 0.25) is 47.3 Å². The fraction of sp³-hybridized carbons (Fsp3) is 0.489. The van der Waals surface area contributed by atoms with Crippen molar-refractivity contribution in [3.63, 3.8) is 0 Å². The second kappa shape index (κ2) is 26.9. The summed E-state index contributed by atoms with van der Waals surface area (Å²) in [6.07, 6.45) is 5.81. The third-order valence-electron chi connectivity index (χ3n) is 11.2. The number of amides is 8. The number of H-pyrrole nitrogens is 2. The lowest BCUT2D eigenvalue weighted by Gasteiger charge is -2.26. The van der Waals surface area contributed by atoms with E-state index in [9.17, 15) is 48.6 Å². The Morgan fingerprint density at radius 2 is 1.03 bits per heavy atom. The van der Waals surface area contributed by atoms with Crippen LogP contribution in [-0.2, 0) is 51.2 Å². The van der Waals surface area contributed by atoms with Crippen LogP contribution in [0.15, 0.2) is 60.9 Å². The third-order valence-corrected chi connectivity index (χ3v) is 11.9. The highest BCUT2D eigenvalue weighted by Crippen LogP contribution is 2.21. The van der Waals surface area contributed by atoms with Gasteiger partial charge < -0.3 is 68.9 Å². The van der Waals surface area contributed by atoms with E-state index in [2.05, 4.69) is 47.2 Å². The van der Waals surface area contributed by atoms with Crippen LogP contribution in [-0.4, -0.2) is 141 Å². The summed E-state index contributed by atoms with van der Waals surface area (Å²) in [5.41, 5.74) is 14.8. The number of rotatable bonds is 28. The second-order valence-electron chi connectivity index (χ2n) is 17.7.